The van der Waals surface area contributed by atoms with Crippen LogP contribution in [0.1, 0.15) is 0 Å². The Labute approximate surface area is 84.0 Å². The average molecular weight is 214 g/mol. The molecule has 0 aromatic carbocycles. The molecule has 0 aromatic rings. The zero-order chi connectivity index (χ0) is 8.58. The standard InChI is InChI=1S/CH6O7P2.Na/c2-1(9(3,4)5)10(6,7)8;/h1-2H,(H2,3,4,5)(H2,6,7,8);/q;+1/p-1. The molecule has 0 saturated carbocycles. The van der Waals surface area contributed by atoms with Gasteiger partial charge in [-0.15, -0.1) is 0 Å². The van der Waals surface area contributed by atoms with Crippen molar-refractivity contribution >= 4 is 15.2 Å². The van der Waals surface area contributed by atoms with Crippen molar-refractivity contribution in [3.05, 3.63) is 0 Å². The summed E-state index contributed by atoms with van der Waals surface area (Å²) in [7, 11) is -10.5. The van der Waals surface area contributed by atoms with Gasteiger partial charge in [-0.2, -0.15) is 0 Å². The maximum absolute atomic E-state index is 9.89. The predicted octanol–water partition coefficient (Wildman–Crippen LogP) is -5.01. The fraction of sp³-hybridized carbons (Fsp3) is 1.00. The van der Waals surface area contributed by atoms with E-state index in [1.54, 1.807) is 0 Å². The molecule has 0 heterocycles. The van der Waals surface area contributed by atoms with Gasteiger partial charge in [0.05, 0.1) is 0 Å². The molecule has 62 valence electrons. The van der Waals surface area contributed by atoms with E-state index in [-0.39, 0.29) is 29.6 Å². The molecule has 0 aliphatic heterocycles. The van der Waals surface area contributed by atoms with Crippen molar-refractivity contribution in [2.24, 2.45) is 0 Å². The number of aliphatic hydroxyl groups is 1. The van der Waals surface area contributed by atoms with E-state index in [1.165, 1.54) is 0 Å². The summed E-state index contributed by atoms with van der Waals surface area (Å²) >= 11 is 0. The zero-order valence-corrected chi connectivity index (χ0v) is 9.27. The zero-order valence-electron chi connectivity index (χ0n) is 5.49. The second-order valence-electron chi connectivity index (χ2n) is 1.50. The van der Waals surface area contributed by atoms with Crippen LogP contribution in [-0.4, -0.2) is 25.4 Å². The van der Waals surface area contributed by atoms with E-state index >= 15 is 0 Å². The molecule has 0 aliphatic carbocycles. The Hall–Kier alpha value is 1.26. The first-order valence-electron chi connectivity index (χ1n) is 1.92. The first-order valence-corrected chi connectivity index (χ1v) is 5.25. The normalized spacial score (nSPS) is 19.7. The second kappa shape index (κ2) is 4.48. The number of hydrogen-bond donors (Lipinski definition) is 4. The molecular formula is CH5NaO7P2. The van der Waals surface area contributed by atoms with Gasteiger partial charge in [-0.05, 0) is 0 Å². The molecule has 0 bridgehead atoms. The molecule has 0 saturated heterocycles. The van der Waals surface area contributed by atoms with Crippen molar-refractivity contribution in [2.75, 3.05) is 0 Å². The Kier molecular flexibility index (Phi) is 6.02. The smallest absolute Gasteiger partial charge is 0.776 e. The Bertz CT molecular complexity index is 178. The van der Waals surface area contributed by atoms with E-state index < -0.39 is 20.8 Å². The van der Waals surface area contributed by atoms with Crippen LogP contribution in [0.3, 0.4) is 0 Å². The van der Waals surface area contributed by atoms with Gasteiger partial charge in [0.15, 0.2) is 7.60 Å². The van der Waals surface area contributed by atoms with Gasteiger partial charge in [0.25, 0.3) is 0 Å². The van der Waals surface area contributed by atoms with Gasteiger partial charge in [0, 0.05) is 0 Å². The quantitative estimate of drug-likeness (QED) is 0.266. The van der Waals surface area contributed by atoms with E-state index in [0.29, 0.717) is 0 Å². The summed E-state index contributed by atoms with van der Waals surface area (Å²) in [6.07, 6.45) is 0. The summed E-state index contributed by atoms with van der Waals surface area (Å²) in [6, 6.07) is 0. The molecule has 10 heteroatoms. The molecule has 11 heavy (non-hydrogen) atoms. The molecule has 0 aliphatic rings. The van der Waals surface area contributed by atoms with Crippen molar-refractivity contribution < 1.29 is 63.4 Å². The summed E-state index contributed by atoms with van der Waals surface area (Å²) in [4.78, 5) is 33.6. The maximum atomic E-state index is 9.89. The summed E-state index contributed by atoms with van der Waals surface area (Å²) in [5.74, 6) is 0. The SMILES string of the molecule is O=P([O-])(O)C(O)P(=O)(O)O.[Na+]. The van der Waals surface area contributed by atoms with Gasteiger partial charge >= 0.3 is 37.2 Å². The minimum absolute atomic E-state index is 0. The van der Waals surface area contributed by atoms with E-state index in [2.05, 4.69) is 0 Å². The second-order valence-corrected chi connectivity index (χ2v) is 5.19. The van der Waals surface area contributed by atoms with Crippen LogP contribution in [0.5, 0.6) is 0 Å². The molecule has 2 atom stereocenters. The summed E-state index contributed by atoms with van der Waals surface area (Å²) in [5, 5.41) is 8.13. The van der Waals surface area contributed by atoms with Gasteiger partial charge in [-0.3, -0.25) is 4.57 Å². The van der Waals surface area contributed by atoms with E-state index in [4.69, 9.17) is 19.8 Å². The molecular weight excluding hydrogens is 209 g/mol. The van der Waals surface area contributed by atoms with E-state index in [1.807, 2.05) is 0 Å². The molecule has 0 spiro atoms. The van der Waals surface area contributed by atoms with Crippen LogP contribution in [0.2, 0.25) is 0 Å². The summed E-state index contributed by atoms with van der Waals surface area (Å²) in [6.45, 7) is 0. The number of aliphatic hydroxyl groups excluding tert-OH is 1. The molecule has 0 fully saturated rings. The van der Waals surface area contributed by atoms with Crippen LogP contribution in [0, 0.1) is 0 Å². The molecule has 0 aromatic heterocycles. The van der Waals surface area contributed by atoms with E-state index in [0.717, 1.165) is 0 Å². The topological polar surface area (TPSA) is 138 Å². The van der Waals surface area contributed by atoms with Crippen LogP contribution < -0.4 is 34.5 Å². The fourth-order valence-electron chi connectivity index (χ4n) is 0.190. The van der Waals surface area contributed by atoms with Gasteiger partial charge in [0.1, 0.15) is 0 Å². The van der Waals surface area contributed by atoms with Crippen LogP contribution in [0.25, 0.3) is 0 Å². The van der Waals surface area contributed by atoms with Crippen molar-refractivity contribution in [3.8, 4) is 0 Å². The molecule has 0 radical (unpaired) electrons. The van der Waals surface area contributed by atoms with Crippen LogP contribution in [-0.2, 0) is 9.13 Å². The average Bonchev–Trinajstić information content (AvgIpc) is 1.59. The third kappa shape index (κ3) is 5.49. The van der Waals surface area contributed by atoms with Gasteiger partial charge in [0.2, 0.25) is 5.59 Å². The van der Waals surface area contributed by atoms with E-state index in [9.17, 15) is 14.0 Å². The molecule has 0 amide bonds. The largest absolute Gasteiger partial charge is 1.00 e. The van der Waals surface area contributed by atoms with Gasteiger partial charge in [-0.25, -0.2) is 0 Å². The van der Waals surface area contributed by atoms with Crippen LogP contribution in [0.4, 0.5) is 0 Å². The predicted molar refractivity (Wildman–Crippen MR) is 27.9 cm³/mol. The maximum Gasteiger partial charge on any atom is 1.00 e. The monoisotopic (exact) mass is 214 g/mol. The molecule has 2 unspecified atom stereocenters. The first-order chi connectivity index (χ1) is 4.15. The number of hydrogen-bond acceptors (Lipinski definition) is 4. The first kappa shape index (κ1) is 14.8. The van der Waals surface area contributed by atoms with Crippen molar-refractivity contribution in [2.45, 2.75) is 5.59 Å². The Balaban J connectivity index is 0. The Morgan fingerprint density at radius 1 is 1.18 bits per heavy atom. The van der Waals surface area contributed by atoms with Gasteiger partial charge < -0.3 is 29.2 Å². The minimum Gasteiger partial charge on any atom is -0.776 e. The molecule has 4 N–H and O–H groups in total. The third-order valence-corrected chi connectivity index (χ3v) is 3.56. The summed E-state index contributed by atoms with van der Waals surface area (Å²) < 4.78 is 19.7. The van der Waals surface area contributed by atoms with Crippen molar-refractivity contribution in [1.82, 2.24) is 0 Å². The van der Waals surface area contributed by atoms with Crippen molar-refractivity contribution in [3.63, 3.8) is 0 Å². The fourth-order valence-corrected chi connectivity index (χ4v) is 1.71. The van der Waals surface area contributed by atoms with Crippen LogP contribution in [0.15, 0.2) is 0 Å². The molecule has 0 rings (SSSR count). The van der Waals surface area contributed by atoms with Crippen LogP contribution >= 0.6 is 15.2 Å². The van der Waals surface area contributed by atoms with Gasteiger partial charge in [-0.1, -0.05) is 0 Å². The Morgan fingerprint density at radius 3 is 1.45 bits per heavy atom. The summed E-state index contributed by atoms with van der Waals surface area (Å²) in [5.41, 5.74) is -3.01. The molecule has 7 nitrogen and oxygen atoms in total. The van der Waals surface area contributed by atoms with Crippen molar-refractivity contribution in [1.29, 1.82) is 0 Å². The number of rotatable bonds is 2. The third-order valence-electron chi connectivity index (χ3n) is 0.593. The Morgan fingerprint density at radius 2 is 1.45 bits per heavy atom. The minimum atomic E-state index is -5.34.